The lowest BCUT2D eigenvalue weighted by molar-refractivity contribution is 0.178. The van der Waals surface area contributed by atoms with Gasteiger partial charge in [0.25, 0.3) is 0 Å². The lowest BCUT2D eigenvalue weighted by atomic mass is 10.1. The normalized spacial score (nSPS) is 23.0. The highest BCUT2D eigenvalue weighted by atomic mass is 16.5. The number of hydrogen-bond donors (Lipinski definition) is 2. The fraction of sp³-hybridized carbons (Fsp3) is 0.643. The summed E-state index contributed by atoms with van der Waals surface area (Å²) in [5.41, 5.74) is 0. The number of pyridine rings is 1. The predicted molar refractivity (Wildman–Crippen MR) is 71.9 cm³/mol. The Morgan fingerprint density at radius 1 is 1.50 bits per heavy atom. The third-order valence-electron chi connectivity index (χ3n) is 3.30. The quantitative estimate of drug-likeness (QED) is 0.814. The molecule has 18 heavy (non-hydrogen) atoms. The van der Waals surface area contributed by atoms with E-state index in [-0.39, 0.29) is 6.10 Å². The van der Waals surface area contributed by atoms with Gasteiger partial charge in [0, 0.05) is 12.7 Å². The van der Waals surface area contributed by atoms with Crippen molar-refractivity contribution in [2.75, 3.05) is 18.5 Å². The summed E-state index contributed by atoms with van der Waals surface area (Å²) in [6.07, 6.45) is 5.55. The molecule has 1 aliphatic carbocycles. The molecule has 2 atom stereocenters. The Morgan fingerprint density at radius 2 is 2.39 bits per heavy atom. The van der Waals surface area contributed by atoms with Gasteiger partial charge in [-0.15, -0.1) is 0 Å². The van der Waals surface area contributed by atoms with Crippen molar-refractivity contribution in [3.05, 3.63) is 18.3 Å². The van der Waals surface area contributed by atoms with Crippen LogP contribution in [0.1, 0.15) is 32.6 Å². The van der Waals surface area contributed by atoms with E-state index in [1.807, 2.05) is 12.1 Å². The minimum atomic E-state index is -0.114. The van der Waals surface area contributed by atoms with E-state index < -0.39 is 0 Å². The lowest BCUT2D eigenvalue weighted by Gasteiger charge is -2.14. The summed E-state index contributed by atoms with van der Waals surface area (Å²) in [6, 6.07) is 3.82. The summed E-state index contributed by atoms with van der Waals surface area (Å²) in [6.45, 7) is 3.66. The van der Waals surface area contributed by atoms with E-state index in [9.17, 15) is 5.11 Å². The molecule has 100 valence electrons. The number of aliphatic hydroxyl groups excluding tert-OH is 1. The zero-order valence-electron chi connectivity index (χ0n) is 10.9. The Morgan fingerprint density at radius 3 is 3.11 bits per heavy atom. The van der Waals surface area contributed by atoms with E-state index >= 15 is 0 Å². The van der Waals surface area contributed by atoms with Crippen molar-refractivity contribution in [3.63, 3.8) is 0 Å². The maximum Gasteiger partial charge on any atom is 0.168 e. The summed E-state index contributed by atoms with van der Waals surface area (Å²) in [4.78, 5) is 4.31. The van der Waals surface area contributed by atoms with Gasteiger partial charge in [0.2, 0.25) is 0 Å². The summed E-state index contributed by atoms with van der Waals surface area (Å²) >= 11 is 0. The van der Waals surface area contributed by atoms with Crippen LogP contribution < -0.4 is 10.1 Å². The van der Waals surface area contributed by atoms with Crippen LogP contribution in [0.15, 0.2) is 18.3 Å². The van der Waals surface area contributed by atoms with Crippen molar-refractivity contribution in [2.24, 2.45) is 5.92 Å². The van der Waals surface area contributed by atoms with Crippen LogP contribution in [0.4, 0.5) is 5.82 Å². The molecule has 1 saturated carbocycles. The van der Waals surface area contributed by atoms with Gasteiger partial charge in [0.05, 0.1) is 12.7 Å². The molecular formula is C14H22N2O2. The van der Waals surface area contributed by atoms with Crippen LogP contribution in [-0.4, -0.2) is 29.3 Å². The molecule has 0 aliphatic heterocycles. The van der Waals surface area contributed by atoms with Gasteiger partial charge in [0.15, 0.2) is 11.6 Å². The Bertz CT molecular complexity index is 371. The SMILES string of the molecule is CCCOc1cccnc1NCC1CCC(O)C1. The van der Waals surface area contributed by atoms with Crippen LogP contribution in [0, 0.1) is 5.92 Å². The Hall–Kier alpha value is -1.29. The topological polar surface area (TPSA) is 54.4 Å². The number of anilines is 1. The molecule has 2 N–H and O–H groups in total. The van der Waals surface area contributed by atoms with Crippen LogP contribution in [0.25, 0.3) is 0 Å². The van der Waals surface area contributed by atoms with Crippen molar-refractivity contribution in [3.8, 4) is 5.75 Å². The maximum absolute atomic E-state index is 9.50. The molecule has 0 amide bonds. The van der Waals surface area contributed by atoms with Gasteiger partial charge < -0.3 is 15.2 Å². The fourth-order valence-corrected chi connectivity index (χ4v) is 2.33. The van der Waals surface area contributed by atoms with Gasteiger partial charge in [-0.3, -0.25) is 0 Å². The molecule has 0 bridgehead atoms. The van der Waals surface area contributed by atoms with Crippen molar-refractivity contribution >= 4 is 5.82 Å². The first-order valence-electron chi connectivity index (χ1n) is 6.79. The van der Waals surface area contributed by atoms with E-state index in [2.05, 4.69) is 17.2 Å². The number of hydrogen-bond acceptors (Lipinski definition) is 4. The molecule has 1 fully saturated rings. The van der Waals surface area contributed by atoms with Gasteiger partial charge in [-0.2, -0.15) is 0 Å². The summed E-state index contributed by atoms with van der Waals surface area (Å²) in [5, 5.41) is 12.8. The first-order valence-corrected chi connectivity index (χ1v) is 6.79. The Kier molecular flexibility index (Phi) is 4.81. The highest BCUT2D eigenvalue weighted by molar-refractivity contribution is 5.49. The number of nitrogens with one attached hydrogen (secondary N) is 1. The molecule has 4 nitrogen and oxygen atoms in total. The number of nitrogens with zero attached hydrogens (tertiary/aromatic N) is 1. The second kappa shape index (κ2) is 6.59. The molecular weight excluding hydrogens is 228 g/mol. The van der Waals surface area contributed by atoms with Crippen molar-refractivity contribution < 1.29 is 9.84 Å². The predicted octanol–water partition coefficient (Wildman–Crippen LogP) is 2.44. The average molecular weight is 250 g/mol. The summed E-state index contributed by atoms with van der Waals surface area (Å²) < 4.78 is 5.65. The second-order valence-electron chi connectivity index (χ2n) is 4.91. The third-order valence-corrected chi connectivity index (χ3v) is 3.30. The van der Waals surface area contributed by atoms with Crippen molar-refractivity contribution in [1.29, 1.82) is 0 Å². The van der Waals surface area contributed by atoms with Gasteiger partial charge >= 0.3 is 0 Å². The van der Waals surface area contributed by atoms with Crippen LogP contribution in [0.3, 0.4) is 0 Å². The van der Waals surface area contributed by atoms with E-state index in [4.69, 9.17) is 4.74 Å². The largest absolute Gasteiger partial charge is 0.490 e. The second-order valence-corrected chi connectivity index (χ2v) is 4.91. The standard InChI is InChI=1S/C14H22N2O2/c1-2-8-18-13-4-3-7-15-14(13)16-10-11-5-6-12(17)9-11/h3-4,7,11-12,17H,2,5-6,8-10H2,1H3,(H,15,16). The minimum Gasteiger partial charge on any atom is -0.490 e. The van der Waals surface area contributed by atoms with Crippen molar-refractivity contribution in [1.82, 2.24) is 4.98 Å². The van der Waals surface area contributed by atoms with Crippen LogP contribution in [0.5, 0.6) is 5.75 Å². The molecule has 0 aromatic carbocycles. The van der Waals surface area contributed by atoms with Crippen LogP contribution in [0.2, 0.25) is 0 Å². The monoisotopic (exact) mass is 250 g/mol. The number of rotatable bonds is 6. The zero-order valence-corrected chi connectivity index (χ0v) is 10.9. The maximum atomic E-state index is 9.50. The molecule has 1 heterocycles. The first-order chi connectivity index (χ1) is 8.79. The third kappa shape index (κ3) is 3.60. The zero-order chi connectivity index (χ0) is 12.8. The fourth-order valence-electron chi connectivity index (χ4n) is 2.33. The van der Waals surface area contributed by atoms with Gasteiger partial charge in [0.1, 0.15) is 0 Å². The van der Waals surface area contributed by atoms with Crippen LogP contribution >= 0.6 is 0 Å². The molecule has 2 rings (SSSR count). The summed E-state index contributed by atoms with van der Waals surface area (Å²) in [5.74, 6) is 2.17. The minimum absolute atomic E-state index is 0.114. The number of aromatic nitrogens is 1. The molecule has 0 spiro atoms. The highest BCUT2D eigenvalue weighted by Gasteiger charge is 2.22. The first kappa shape index (κ1) is 13.1. The van der Waals surface area contributed by atoms with Gasteiger partial charge in [-0.05, 0) is 43.7 Å². The molecule has 0 radical (unpaired) electrons. The van der Waals surface area contributed by atoms with E-state index in [0.717, 1.165) is 43.8 Å². The number of ether oxygens (including phenoxy) is 1. The van der Waals surface area contributed by atoms with Gasteiger partial charge in [-0.25, -0.2) is 4.98 Å². The lowest BCUT2D eigenvalue weighted by Crippen LogP contribution is -2.14. The van der Waals surface area contributed by atoms with Crippen LogP contribution in [-0.2, 0) is 0 Å². The molecule has 2 unspecified atom stereocenters. The molecule has 1 aromatic heterocycles. The van der Waals surface area contributed by atoms with E-state index in [0.29, 0.717) is 12.5 Å². The summed E-state index contributed by atoms with van der Waals surface area (Å²) in [7, 11) is 0. The number of aliphatic hydroxyl groups is 1. The molecule has 0 saturated heterocycles. The van der Waals surface area contributed by atoms with E-state index in [1.165, 1.54) is 0 Å². The molecule has 4 heteroatoms. The van der Waals surface area contributed by atoms with Gasteiger partial charge in [-0.1, -0.05) is 6.92 Å². The average Bonchev–Trinajstić information content (AvgIpc) is 2.81. The Labute approximate surface area is 108 Å². The molecule has 1 aliphatic rings. The van der Waals surface area contributed by atoms with E-state index in [1.54, 1.807) is 6.20 Å². The Balaban J connectivity index is 1.88. The highest BCUT2D eigenvalue weighted by Crippen LogP contribution is 2.27. The molecule has 1 aromatic rings. The smallest absolute Gasteiger partial charge is 0.168 e. The van der Waals surface area contributed by atoms with Crippen molar-refractivity contribution in [2.45, 2.75) is 38.7 Å².